The van der Waals surface area contributed by atoms with E-state index in [1.807, 2.05) is 12.1 Å². The summed E-state index contributed by atoms with van der Waals surface area (Å²) in [6.07, 6.45) is 10.6. The van der Waals surface area contributed by atoms with Crippen LogP contribution in [0.2, 0.25) is 0 Å². The first-order valence-electron chi connectivity index (χ1n) is 15.8. The van der Waals surface area contributed by atoms with Gasteiger partial charge < -0.3 is 19.5 Å². The van der Waals surface area contributed by atoms with Crippen molar-refractivity contribution < 1.29 is 27.8 Å². The van der Waals surface area contributed by atoms with Gasteiger partial charge in [0.05, 0.1) is 16.4 Å². The highest BCUT2D eigenvalue weighted by Crippen LogP contribution is 2.49. The molecule has 0 aromatic heterocycles. The van der Waals surface area contributed by atoms with Crippen LogP contribution in [0.1, 0.15) is 82.3 Å². The standard InChI is InChI=1S/C35H33F3N2O3S/c1-44-34-28(37)25(26(35(41)42)27(36)29(34)38)24-22-16-18-8-2-4-12-39-14-6-10-20(30(18)39)32(22)43-33-21-11-7-15-40-13-5-3-9-19(31(21)40)17-23(24)33/h16-17H,2-15H2,1H3. The van der Waals surface area contributed by atoms with E-state index in [1.54, 1.807) is 0 Å². The molecule has 0 spiro atoms. The monoisotopic (exact) mass is 618 g/mol. The number of ether oxygens (including phenoxy) is 1. The molecule has 0 atom stereocenters. The fourth-order valence-electron chi connectivity index (χ4n) is 8.34. The number of fused-ring (bicyclic) bond motifs is 4. The zero-order valence-corrected chi connectivity index (χ0v) is 25.5. The summed E-state index contributed by atoms with van der Waals surface area (Å²) in [6, 6.07) is 4.00. The van der Waals surface area contributed by atoms with E-state index in [9.17, 15) is 9.90 Å². The molecule has 8 rings (SSSR count). The predicted octanol–water partition coefficient (Wildman–Crippen LogP) is 4.40. The number of aryl methyl sites for hydroxylation is 2. The summed E-state index contributed by atoms with van der Waals surface area (Å²) in [5.41, 5.74) is 4.70. The highest BCUT2D eigenvalue weighted by atomic mass is 32.2. The van der Waals surface area contributed by atoms with E-state index in [4.69, 9.17) is 4.74 Å². The van der Waals surface area contributed by atoms with Crippen molar-refractivity contribution >= 4 is 29.0 Å². The van der Waals surface area contributed by atoms with Gasteiger partial charge in [0.15, 0.2) is 11.6 Å². The Balaban J connectivity index is 1.58. The van der Waals surface area contributed by atoms with Crippen LogP contribution in [-0.2, 0) is 25.7 Å². The van der Waals surface area contributed by atoms with Crippen LogP contribution in [0.4, 0.5) is 18.9 Å². The van der Waals surface area contributed by atoms with E-state index < -0.39 is 39.4 Å². The maximum atomic E-state index is 16.6. The van der Waals surface area contributed by atoms with Crippen LogP contribution in [0.3, 0.4) is 0 Å². The number of rotatable bonds is 3. The lowest BCUT2D eigenvalue weighted by atomic mass is 9.82. The normalized spacial score (nSPS) is 18.4. The molecular weight excluding hydrogens is 585 g/mol. The molecule has 0 bridgehead atoms. The van der Waals surface area contributed by atoms with Crippen LogP contribution in [-0.4, -0.2) is 38.4 Å². The Morgan fingerprint density at radius 2 is 1.61 bits per heavy atom. The first-order chi connectivity index (χ1) is 21.4. The second-order valence-electron chi connectivity index (χ2n) is 12.6. The van der Waals surface area contributed by atoms with Crippen molar-refractivity contribution in [1.82, 2.24) is 4.58 Å². The highest BCUT2D eigenvalue weighted by Gasteiger charge is 2.38. The quantitative estimate of drug-likeness (QED) is 0.194. The highest BCUT2D eigenvalue weighted by molar-refractivity contribution is 7.98. The largest absolute Gasteiger partial charge is 0.545 e. The maximum Gasteiger partial charge on any atom is 0.210 e. The minimum atomic E-state index is -1.95. The van der Waals surface area contributed by atoms with Crippen molar-refractivity contribution in [3.63, 3.8) is 0 Å². The minimum Gasteiger partial charge on any atom is -0.545 e. The van der Waals surface area contributed by atoms with E-state index in [-0.39, 0.29) is 5.57 Å². The van der Waals surface area contributed by atoms with Crippen molar-refractivity contribution in [1.29, 1.82) is 0 Å². The van der Waals surface area contributed by atoms with Crippen LogP contribution >= 0.6 is 11.8 Å². The second kappa shape index (κ2) is 10.6. The minimum absolute atomic E-state index is 0.257. The van der Waals surface area contributed by atoms with E-state index in [0.717, 1.165) is 135 Å². The first kappa shape index (κ1) is 28.0. The number of benzene rings is 3. The molecule has 0 N–H and O–H groups in total. The number of hydrogen-bond acceptors (Lipinski definition) is 5. The molecule has 0 amide bonds. The van der Waals surface area contributed by atoms with Gasteiger partial charge in [0, 0.05) is 70.2 Å². The Labute approximate surface area is 258 Å². The molecule has 0 saturated heterocycles. The van der Waals surface area contributed by atoms with Gasteiger partial charge in [0.1, 0.15) is 30.4 Å². The number of aromatic carboxylic acids is 1. The topological polar surface area (TPSA) is 55.6 Å². The zero-order chi connectivity index (χ0) is 30.3. The summed E-state index contributed by atoms with van der Waals surface area (Å²) < 4.78 is 56.8. The Hall–Kier alpha value is -3.46. The van der Waals surface area contributed by atoms with Crippen molar-refractivity contribution in [2.75, 3.05) is 37.3 Å². The fourth-order valence-corrected chi connectivity index (χ4v) is 8.89. The fraction of sp³-hybridized carbons (Fsp3) is 0.429. The lowest BCUT2D eigenvalue weighted by molar-refractivity contribution is -0.255. The Bertz CT molecular complexity index is 1920. The molecule has 0 fully saturated rings. The molecular formula is C35H33F3N2O3S. The molecule has 5 aliphatic rings. The van der Waals surface area contributed by atoms with Gasteiger partial charge in [-0.05, 0) is 75.3 Å². The summed E-state index contributed by atoms with van der Waals surface area (Å²) in [5, 5.41) is 14.3. The van der Waals surface area contributed by atoms with Gasteiger partial charge in [-0.15, -0.1) is 11.8 Å². The average Bonchev–Trinajstić information content (AvgIpc) is 3.36. The smallest absolute Gasteiger partial charge is 0.210 e. The van der Waals surface area contributed by atoms with Crippen LogP contribution in [0.15, 0.2) is 17.0 Å². The molecule has 228 valence electrons. The van der Waals surface area contributed by atoms with Crippen LogP contribution in [0.5, 0.6) is 11.5 Å². The van der Waals surface area contributed by atoms with E-state index in [0.29, 0.717) is 22.3 Å². The number of hydrogen-bond donors (Lipinski definition) is 0. The molecule has 0 saturated carbocycles. The number of thioether (sulfide) groups is 1. The molecule has 3 aromatic carbocycles. The summed E-state index contributed by atoms with van der Waals surface area (Å²) in [7, 11) is 0. The van der Waals surface area contributed by atoms with Crippen LogP contribution < -0.4 is 29.9 Å². The molecule has 0 aliphatic carbocycles. The second-order valence-corrected chi connectivity index (χ2v) is 13.4. The molecule has 5 nitrogen and oxygen atoms in total. The molecule has 44 heavy (non-hydrogen) atoms. The van der Waals surface area contributed by atoms with Crippen molar-refractivity contribution in [2.24, 2.45) is 0 Å². The lowest BCUT2D eigenvalue weighted by Crippen LogP contribution is -2.41. The number of carboxylic acid groups (broad SMARTS) is 1. The zero-order valence-electron chi connectivity index (χ0n) is 24.7. The van der Waals surface area contributed by atoms with Crippen LogP contribution in [0.25, 0.3) is 5.57 Å². The average molecular weight is 619 g/mol. The third kappa shape index (κ3) is 4.00. The Morgan fingerprint density at radius 3 is 2.43 bits per heavy atom. The maximum absolute atomic E-state index is 16.6. The molecule has 5 heterocycles. The summed E-state index contributed by atoms with van der Waals surface area (Å²) >= 11 is 0.722. The first-order valence-corrected chi connectivity index (χ1v) is 17.0. The van der Waals surface area contributed by atoms with Crippen LogP contribution in [0, 0.1) is 17.5 Å². The van der Waals surface area contributed by atoms with Gasteiger partial charge in [-0.25, -0.2) is 17.7 Å². The molecule has 3 aromatic rings. The third-order valence-electron chi connectivity index (χ3n) is 10.1. The Kier molecular flexibility index (Phi) is 6.74. The number of carbonyl (C=O) groups excluding carboxylic acids is 1. The number of halogens is 3. The summed E-state index contributed by atoms with van der Waals surface area (Å²) in [5.74, 6) is -4.98. The van der Waals surface area contributed by atoms with Crippen molar-refractivity contribution in [2.45, 2.75) is 69.1 Å². The number of anilines is 1. The Morgan fingerprint density at radius 1 is 0.864 bits per heavy atom. The van der Waals surface area contributed by atoms with Crippen molar-refractivity contribution in [3.05, 3.63) is 79.1 Å². The number of carbonyl (C=O) groups is 1. The summed E-state index contributed by atoms with van der Waals surface area (Å²) in [6.45, 7) is 3.79. The summed E-state index contributed by atoms with van der Waals surface area (Å²) in [4.78, 5) is 14.4. The third-order valence-corrected chi connectivity index (χ3v) is 10.9. The van der Waals surface area contributed by atoms with Gasteiger partial charge in [-0.3, -0.25) is 0 Å². The van der Waals surface area contributed by atoms with E-state index in [1.165, 1.54) is 6.26 Å². The van der Waals surface area contributed by atoms with Gasteiger partial charge in [0.2, 0.25) is 5.36 Å². The SMILES string of the molecule is CSc1c(F)c(F)c(C(=O)[O-])c(C2=c3cc4c5c(c3Oc3c2cc2c6c3CCCN6CCCC2)CCC[N+]=5CCCC4)c1F. The van der Waals surface area contributed by atoms with Gasteiger partial charge in [0.25, 0.3) is 0 Å². The number of carboxylic acids is 1. The predicted molar refractivity (Wildman–Crippen MR) is 162 cm³/mol. The van der Waals surface area contributed by atoms with E-state index >= 15 is 13.2 Å². The molecule has 0 radical (unpaired) electrons. The lowest BCUT2D eigenvalue weighted by Gasteiger charge is -2.36. The molecule has 0 unspecified atom stereocenters. The number of nitrogens with zero attached hydrogens (tertiary/aromatic N) is 2. The van der Waals surface area contributed by atoms with Gasteiger partial charge >= 0.3 is 0 Å². The molecule has 5 aliphatic heterocycles. The van der Waals surface area contributed by atoms with E-state index in [2.05, 4.69) is 9.48 Å². The van der Waals surface area contributed by atoms with Gasteiger partial charge in [-0.2, -0.15) is 0 Å². The van der Waals surface area contributed by atoms with Gasteiger partial charge in [-0.1, -0.05) is 0 Å². The molecule has 9 heteroatoms. The van der Waals surface area contributed by atoms with Crippen molar-refractivity contribution in [3.8, 4) is 11.5 Å².